The Bertz CT molecular complexity index is 602. The van der Waals surface area contributed by atoms with Gasteiger partial charge in [-0.2, -0.15) is 0 Å². The second-order valence-electron chi connectivity index (χ2n) is 4.73. The molecule has 1 aliphatic carbocycles. The lowest BCUT2D eigenvalue weighted by Gasteiger charge is -2.30. The van der Waals surface area contributed by atoms with Crippen molar-refractivity contribution in [2.24, 2.45) is 0 Å². The number of carbonyl (C=O) groups is 2. The van der Waals surface area contributed by atoms with Gasteiger partial charge in [0.25, 0.3) is 0 Å². The molecule has 1 aliphatic rings. The highest BCUT2D eigenvalue weighted by molar-refractivity contribution is 6.66. The third-order valence-electron chi connectivity index (χ3n) is 3.69. The SMILES string of the molecule is O=C(Cl)C1c2ccccc2C(C(=O)Cl)c2ccccc21. The van der Waals surface area contributed by atoms with Crippen molar-refractivity contribution < 1.29 is 9.59 Å². The summed E-state index contributed by atoms with van der Waals surface area (Å²) in [5.41, 5.74) is 3.02. The van der Waals surface area contributed by atoms with E-state index in [9.17, 15) is 9.59 Å². The minimum absolute atomic E-state index is 0.453. The smallest absolute Gasteiger partial charge is 0.233 e. The zero-order valence-electron chi connectivity index (χ0n) is 10.3. The standard InChI is InChI=1S/C16H10Cl2O2/c17-15(19)13-9-5-1-2-6-10(9)14(16(18)20)12-8-4-3-7-11(12)13/h1-8,13-14H. The number of halogens is 2. The number of carbonyl (C=O) groups excluding carboxylic acids is 2. The summed E-state index contributed by atoms with van der Waals surface area (Å²) in [7, 11) is 0. The highest BCUT2D eigenvalue weighted by Gasteiger charge is 2.37. The highest BCUT2D eigenvalue weighted by atomic mass is 35.5. The number of rotatable bonds is 2. The molecular formula is C16H10Cl2O2. The Kier molecular flexibility index (Phi) is 3.36. The van der Waals surface area contributed by atoms with E-state index in [1.807, 2.05) is 48.5 Å². The van der Waals surface area contributed by atoms with Crippen molar-refractivity contribution in [3.05, 3.63) is 70.8 Å². The van der Waals surface area contributed by atoms with Gasteiger partial charge in [0, 0.05) is 0 Å². The van der Waals surface area contributed by atoms with Gasteiger partial charge in [0.05, 0.1) is 11.8 Å². The van der Waals surface area contributed by atoms with Crippen LogP contribution < -0.4 is 0 Å². The van der Waals surface area contributed by atoms with Crippen LogP contribution in [0.5, 0.6) is 0 Å². The van der Waals surface area contributed by atoms with Crippen molar-refractivity contribution in [1.82, 2.24) is 0 Å². The molecular weight excluding hydrogens is 295 g/mol. The lowest BCUT2D eigenvalue weighted by molar-refractivity contribution is -0.113. The van der Waals surface area contributed by atoms with Crippen LogP contribution in [0.15, 0.2) is 48.5 Å². The molecule has 4 heteroatoms. The summed E-state index contributed by atoms with van der Waals surface area (Å²) in [6.45, 7) is 0. The fraction of sp³-hybridized carbons (Fsp3) is 0.125. The quantitative estimate of drug-likeness (QED) is 0.791. The Morgan fingerprint density at radius 3 is 1.10 bits per heavy atom. The first-order valence-corrected chi connectivity index (χ1v) is 6.93. The van der Waals surface area contributed by atoms with Gasteiger partial charge in [0.2, 0.25) is 10.5 Å². The summed E-state index contributed by atoms with van der Waals surface area (Å²) in [5, 5.41) is -0.907. The average Bonchev–Trinajstić information content (AvgIpc) is 2.43. The second kappa shape index (κ2) is 5.04. The van der Waals surface area contributed by atoms with Crippen LogP contribution in [0.1, 0.15) is 34.1 Å². The predicted octanol–water partition coefficient (Wildman–Crippen LogP) is 3.79. The van der Waals surface area contributed by atoms with Crippen molar-refractivity contribution in [2.45, 2.75) is 11.8 Å². The normalized spacial score (nSPS) is 19.9. The molecule has 3 rings (SSSR count). The molecule has 0 amide bonds. The van der Waals surface area contributed by atoms with E-state index in [1.54, 1.807) is 0 Å². The van der Waals surface area contributed by atoms with Crippen molar-refractivity contribution >= 4 is 33.7 Å². The topological polar surface area (TPSA) is 34.1 Å². The third-order valence-corrected chi connectivity index (χ3v) is 4.13. The third kappa shape index (κ3) is 1.96. The first-order chi connectivity index (χ1) is 9.61. The zero-order chi connectivity index (χ0) is 14.3. The summed E-state index contributed by atoms with van der Waals surface area (Å²) < 4.78 is 0. The molecule has 0 N–H and O–H groups in total. The van der Waals surface area contributed by atoms with Gasteiger partial charge in [-0.05, 0) is 45.5 Å². The fourth-order valence-corrected chi connectivity index (χ4v) is 3.37. The minimum atomic E-state index is -0.545. The Hall–Kier alpha value is -1.64. The highest BCUT2D eigenvalue weighted by Crippen LogP contribution is 2.44. The summed E-state index contributed by atoms with van der Waals surface area (Å²) >= 11 is 11.6. The Morgan fingerprint density at radius 1 is 0.650 bits per heavy atom. The van der Waals surface area contributed by atoms with Crippen molar-refractivity contribution in [2.75, 3.05) is 0 Å². The molecule has 0 radical (unpaired) electrons. The second-order valence-corrected chi connectivity index (χ2v) is 5.48. The van der Waals surface area contributed by atoms with Gasteiger partial charge in [-0.1, -0.05) is 48.5 Å². The summed E-state index contributed by atoms with van der Waals surface area (Å²) in [6.07, 6.45) is 0. The molecule has 0 aromatic heterocycles. The molecule has 0 fully saturated rings. The molecule has 100 valence electrons. The molecule has 0 saturated heterocycles. The molecule has 0 bridgehead atoms. The number of hydrogen-bond donors (Lipinski definition) is 0. The number of benzene rings is 2. The van der Waals surface area contributed by atoms with E-state index in [2.05, 4.69) is 0 Å². The van der Waals surface area contributed by atoms with Gasteiger partial charge in [0.1, 0.15) is 0 Å². The maximum absolute atomic E-state index is 11.8. The van der Waals surface area contributed by atoms with E-state index in [0.717, 1.165) is 22.3 Å². The van der Waals surface area contributed by atoms with Gasteiger partial charge >= 0.3 is 0 Å². The number of hydrogen-bond acceptors (Lipinski definition) is 2. The van der Waals surface area contributed by atoms with E-state index in [0.29, 0.717) is 0 Å². The van der Waals surface area contributed by atoms with Crippen LogP contribution in [0, 0.1) is 0 Å². The van der Waals surface area contributed by atoms with Crippen molar-refractivity contribution in [3.63, 3.8) is 0 Å². The van der Waals surface area contributed by atoms with Crippen LogP contribution in [0.2, 0.25) is 0 Å². The molecule has 0 saturated carbocycles. The van der Waals surface area contributed by atoms with Crippen LogP contribution >= 0.6 is 23.2 Å². The monoisotopic (exact) mass is 304 g/mol. The van der Waals surface area contributed by atoms with Crippen molar-refractivity contribution in [3.8, 4) is 0 Å². The number of fused-ring (bicyclic) bond motifs is 2. The van der Waals surface area contributed by atoms with Crippen LogP contribution in [0.4, 0.5) is 0 Å². The van der Waals surface area contributed by atoms with E-state index >= 15 is 0 Å². The van der Waals surface area contributed by atoms with E-state index in [1.165, 1.54) is 0 Å². The maximum atomic E-state index is 11.8. The molecule has 0 aliphatic heterocycles. The largest absolute Gasteiger partial charge is 0.280 e. The lowest BCUT2D eigenvalue weighted by Crippen LogP contribution is -2.24. The van der Waals surface area contributed by atoms with Crippen molar-refractivity contribution in [1.29, 1.82) is 0 Å². The first-order valence-electron chi connectivity index (χ1n) is 6.17. The average molecular weight is 305 g/mol. The molecule has 0 unspecified atom stereocenters. The first kappa shape index (κ1) is 13.3. The van der Waals surface area contributed by atoms with Crippen LogP contribution in [-0.2, 0) is 9.59 Å². The van der Waals surface area contributed by atoms with E-state index in [-0.39, 0.29) is 0 Å². The summed E-state index contributed by atoms with van der Waals surface area (Å²) in [6, 6.07) is 14.6. The molecule has 2 aromatic carbocycles. The zero-order valence-corrected chi connectivity index (χ0v) is 11.9. The van der Waals surface area contributed by atoms with Crippen LogP contribution in [-0.4, -0.2) is 10.5 Å². The fourth-order valence-electron chi connectivity index (χ4n) is 2.90. The Balaban J connectivity index is 2.34. The van der Waals surface area contributed by atoms with Gasteiger partial charge in [-0.25, -0.2) is 0 Å². The molecule has 0 heterocycles. The Morgan fingerprint density at radius 2 is 0.900 bits per heavy atom. The van der Waals surface area contributed by atoms with E-state index < -0.39 is 22.3 Å². The van der Waals surface area contributed by atoms with Crippen LogP contribution in [0.25, 0.3) is 0 Å². The van der Waals surface area contributed by atoms with Gasteiger partial charge in [0.15, 0.2) is 0 Å². The van der Waals surface area contributed by atoms with Gasteiger partial charge in [-0.3, -0.25) is 9.59 Å². The molecule has 2 aromatic rings. The van der Waals surface area contributed by atoms with Gasteiger partial charge in [-0.15, -0.1) is 0 Å². The predicted molar refractivity (Wildman–Crippen MR) is 78.3 cm³/mol. The Labute approximate surface area is 126 Å². The van der Waals surface area contributed by atoms with E-state index in [4.69, 9.17) is 23.2 Å². The van der Waals surface area contributed by atoms with Gasteiger partial charge < -0.3 is 0 Å². The molecule has 20 heavy (non-hydrogen) atoms. The van der Waals surface area contributed by atoms with Crippen LogP contribution in [0.3, 0.4) is 0 Å². The summed E-state index contributed by atoms with van der Waals surface area (Å²) in [4.78, 5) is 23.7. The maximum Gasteiger partial charge on any atom is 0.233 e. The summed E-state index contributed by atoms with van der Waals surface area (Å²) in [5.74, 6) is -1.09. The molecule has 0 atom stereocenters. The lowest BCUT2D eigenvalue weighted by atomic mass is 9.73. The molecule has 2 nitrogen and oxygen atoms in total. The molecule has 0 spiro atoms. The minimum Gasteiger partial charge on any atom is -0.280 e.